The van der Waals surface area contributed by atoms with Gasteiger partial charge in [-0.1, -0.05) is 18.2 Å². The van der Waals surface area contributed by atoms with Crippen LogP contribution >= 0.6 is 7.82 Å². The van der Waals surface area contributed by atoms with Crippen molar-refractivity contribution in [3.8, 4) is 5.75 Å². The summed E-state index contributed by atoms with van der Waals surface area (Å²) >= 11 is 0. The summed E-state index contributed by atoms with van der Waals surface area (Å²) in [5.74, 6) is -2.90. The monoisotopic (exact) mass is 538 g/mol. The molecule has 2 aromatic carbocycles. The van der Waals surface area contributed by atoms with Crippen molar-refractivity contribution < 1.29 is 42.0 Å². The van der Waals surface area contributed by atoms with E-state index < -0.39 is 37.6 Å². The molecule has 2 heterocycles. The molecule has 2 saturated heterocycles. The van der Waals surface area contributed by atoms with Crippen LogP contribution in [-0.4, -0.2) is 79.7 Å². The van der Waals surface area contributed by atoms with Crippen LogP contribution in [0.2, 0.25) is 0 Å². The molecule has 0 bridgehead atoms. The lowest BCUT2D eigenvalue weighted by Gasteiger charge is -2.54. The molecule has 2 aliphatic rings. The van der Waals surface area contributed by atoms with Gasteiger partial charge < -0.3 is 14.3 Å². The highest BCUT2D eigenvalue weighted by atomic mass is 31.2. The Labute approximate surface area is 211 Å². The summed E-state index contributed by atoms with van der Waals surface area (Å²) in [4.78, 5) is 59.8. The van der Waals surface area contributed by atoms with Crippen molar-refractivity contribution in [2.24, 2.45) is 0 Å². The van der Waals surface area contributed by atoms with E-state index >= 15 is 0 Å². The molecule has 14 heteroatoms. The fourth-order valence-electron chi connectivity index (χ4n) is 4.71. The normalized spacial score (nSPS) is 20.8. The Morgan fingerprint density at radius 3 is 2.41 bits per heavy atom. The number of nitrogens with zero attached hydrogens (tertiary/aromatic N) is 4. The van der Waals surface area contributed by atoms with Gasteiger partial charge in [0, 0.05) is 38.6 Å². The molecule has 4 rings (SSSR count). The number of fused-ring (bicyclic) bond motifs is 1. The summed E-state index contributed by atoms with van der Waals surface area (Å²) in [6.07, 6.45) is -0.845. The second-order valence-corrected chi connectivity index (χ2v) is 10.0. The van der Waals surface area contributed by atoms with Crippen molar-refractivity contribution in [3.63, 3.8) is 0 Å². The van der Waals surface area contributed by atoms with Crippen molar-refractivity contribution in [2.45, 2.75) is 32.1 Å². The summed E-state index contributed by atoms with van der Waals surface area (Å²) in [5.41, 5.74) is 0.622. The van der Waals surface area contributed by atoms with Gasteiger partial charge in [0.2, 0.25) is 17.7 Å². The fourth-order valence-corrected chi connectivity index (χ4v) is 5.11. The summed E-state index contributed by atoms with van der Waals surface area (Å²) in [6.45, 7) is 0.905. The number of piperazine rings is 1. The number of halogens is 2. The maximum Gasteiger partial charge on any atom is 0.524 e. The number of amides is 3. The molecule has 11 nitrogen and oxygen atoms in total. The van der Waals surface area contributed by atoms with E-state index in [1.807, 2.05) is 0 Å². The smallest absolute Gasteiger partial charge is 0.404 e. The van der Waals surface area contributed by atoms with Gasteiger partial charge in [-0.25, -0.2) is 18.4 Å². The minimum atomic E-state index is -4.76. The van der Waals surface area contributed by atoms with Crippen molar-refractivity contribution in [3.05, 3.63) is 65.2 Å². The zero-order valence-corrected chi connectivity index (χ0v) is 20.8. The van der Waals surface area contributed by atoms with Gasteiger partial charge in [0.05, 0.1) is 13.1 Å². The number of rotatable bonds is 6. The van der Waals surface area contributed by atoms with E-state index in [4.69, 9.17) is 9.79 Å². The lowest BCUT2D eigenvalue weighted by Crippen LogP contribution is -2.75. The molecular formula is C23H25F2N4O7P. The van der Waals surface area contributed by atoms with E-state index in [-0.39, 0.29) is 49.2 Å². The Balaban J connectivity index is 1.67. The summed E-state index contributed by atoms with van der Waals surface area (Å²) < 4.78 is 43.4. The van der Waals surface area contributed by atoms with E-state index in [0.29, 0.717) is 11.6 Å². The average molecular weight is 538 g/mol. The molecule has 198 valence electrons. The first-order chi connectivity index (χ1) is 17.3. The number of phosphoric ester groups is 1. The van der Waals surface area contributed by atoms with Crippen LogP contribution in [0.3, 0.4) is 0 Å². The highest BCUT2D eigenvalue weighted by Crippen LogP contribution is 2.37. The number of carbonyl (C=O) groups is 3. The number of benzene rings is 2. The molecule has 2 atom stereocenters. The number of likely N-dealkylation sites (N-methyl/N-ethyl adjacent to an activating group) is 1. The van der Waals surface area contributed by atoms with Crippen LogP contribution in [0.1, 0.15) is 18.1 Å². The lowest BCUT2D eigenvalue weighted by molar-refractivity contribution is -0.201. The first kappa shape index (κ1) is 26.7. The summed E-state index contributed by atoms with van der Waals surface area (Å²) in [7, 11) is -3.18. The molecule has 2 N–H and O–H groups in total. The minimum absolute atomic E-state index is 0.00905. The Morgan fingerprint density at radius 2 is 1.81 bits per heavy atom. The second-order valence-electron chi connectivity index (χ2n) is 8.86. The van der Waals surface area contributed by atoms with Crippen LogP contribution in [0, 0.1) is 11.6 Å². The third kappa shape index (κ3) is 5.80. The number of phosphoric acid groups is 1. The Bertz CT molecular complexity index is 1270. The van der Waals surface area contributed by atoms with Crippen LogP contribution in [0.25, 0.3) is 0 Å². The van der Waals surface area contributed by atoms with E-state index in [2.05, 4.69) is 4.52 Å². The minimum Gasteiger partial charge on any atom is -0.404 e. The summed E-state index contributed by atoms with van der Waals surface area (Å²) in [5, 5.41) is 2.83. The standard InChI is InChI=1S/C23H25F2N4O7P/c1-14(30)29-21-12-27(11-16-5-6-17(24)10-19(16)25)23(32)20(28(21)22(31)13-26(29)2)9-15-3-7-18(8-4-15)36-37(33,34)35/h3-8,10,20-21H,9,11-13H2,1-2H3,(H2,33,34,35)/t20-,21-/m0/s1. The van der Waals surface area contributed by atoms with E-state index in [0.717, 1.165) is 6.07 Å². The van der Waals surface area contributed by atoms with Crippen molar-refractivity contribution >= 4 is 25.5 Å². The predicted molar refractivity (Wildman–Crippen MR) is 124 cm³/mol. The third-order valence-corrected chi connectivity index (χ3v) is 6.66. The van der Waals surface area contributed by atoms with E-state index in [1.165, 1.54) is 57.1 Å². The van der Waals surface area contributed by atoms with Gasteiger partial charge in [-0.15, -0.1) is 0 Å². The molecule has 0 spiro atoms. The van der Waals surface area contributed by atoms with Crippen LogP contribution in [-0.2, 0) is 31.9 Å². The molecule has 0 aromatic heterocycles. The van der Waals surface area contributed by atoms with Crippen molar-refractivity contribution in [2.75, 3.05) is 20.1 Å². The quantitative estimate of drug-likeness (QED) is 0.526. The van der Waals surface area contributed by atoms with E-state index in [1.54, 1.807) is 7.05 Å². The van der Waals surface area contributed by atoms with Gasteiger partial charge in [0.25, 0.3) is 0 Å². The third-order valence-electron chi connectivity index (χ3n) is 6.22. The topological polar surface area (TPSA) is 131 Å². The maximum absolute atomic E-state index is 14.4. The van der Waals surface area contributed by atoms with Gasteiger partial charge >= 0.3 is 7.82 Å². The van der Waals surface area contributed by atoms with Gasteiger partial charge in [-0.05, 0) is 23.8 Å². The number of hydrogen-bond acceptors (Lipinski definition) is 6. The molecule has 3 amide bonds. The predicted octanol–water partition coefficient (Wildman–Crippen LogP) is 1.25. The largest absolute Gasteiger partial charge is 0.524 e. The molecule has 37 heavy (non-hydrogen) atoms. The van der Waals surface area contributed by atoms with Gasteiger partial charge in [0.1, 0.15) is 29.6 Å². The number of hydrazine groups is 1. The fraction of sp³-hybridized carbons (Fsp3) is 0.348. The van der Waals surface area contributed by atoms with Gasteiger partial charge in [-0.3, -0.25) is 29.2 Å². The highest BCUT2D eigenvalue weighted by Gasteiger charge is 2.50. The SMILES string of the molecule is CC(=O)N1[C@H]2CN(Cc3ccc(F)cc3F)C(=O)[C@H](Cc3ccc(OP(=O)(O)O)cc3)N2C(=O)CN1C. The molecule has 2 fully saturated rings. The number of carbonyl (C=O) groups excluding carboxylic acids is 3. The Kier molecular flexibility index (Phi) is 7.33. The van der Waals surface area contributed by atoms with Gasteiger partial charge in [0.15, 0.2) is 0 Å². The zero-order chi connectivity index (χ0) is 27.1. The second kappa shape index (κ2) is 10.2. The van der Waals surface area contributed by atoms with Crippen LogP contribution in [0.5, 0.6) is 5.75 Å². The molecule has 0 saturated carbocycles. The van der Waals surface area contributed by atoms with Crippen molar-refractivity contribution in [1.29, 1.82) is 0 Å². The summed E-state index contributed by atoms with van der Waals surface area (Å²) in [6, 6.07) is 7.60. The number of hydrogen-bond donors (Lipinski definition) is 2. The molecule has 0 unspecified atom stereocenters. The Hall–Kier alpha value is -3.38. The van der Waals surface area contributed by atoms with E-state index in [9.17, 15) is 27.7 Å². The molecule has 0 aliphatic carbocycles. The van der Waals surface area contributed by atoms with Crippen LogP contribution < -0.4 is 4.52 Å². The lowest BCUT2D eigenvalue weighted by atomic mass is 9.98. The molecule has 2 aromatic rings. The molecular weight excluding hydrogens is 513 g/mol. The first-order valence-electron chi connectivity index (χ1n) is 11.2. The van der Waals surface area contributed by atoms with Gasteiger partial charge in [-0.2, -0.15) is 0 Å². The molecule has 0 radical (unpaired) electrons. The van der Waals surface area contributed by atoms with Crippen LogP contribution in [0.15, 0.2) is 42.5 Å². The average Bonchev–Trinajstić information content (AvgIpc) is 2.78. The first-order valence-corrected chi connectivity index (χ1v) is 12.8. The molecule has 2 aliphatic heterocycles. The van der Waals surface area contributed by atoms with Crippen LogP contribution in [0.4, 0.5) is 8.78 Å². The Morgan fingerprint density at radius 1 is 1.14 bits per heavy atom. The zero-order valence-electron chi connectivity index (χ0n) is 20.0. The van der Waals surface area contributed by atoms with Crippen molar-refractivity contribution in [1.82, 2.24) is 19.8 Å². The maximum atomic E-state index is 14.4. The highest BCUT2D eigenvalue weighted by molar-refractivity contribution is 7.46.